The van der Waals surface area contributed by atoms with Gasteiger partial charge in [0.15, 0.2) is 5.82 Å². The number of hydrogen-bond donors (Lipinski definition) is 1. The second-order valence-electron chi connectivity index (χ2n) is 5.18. The minimum absolute atomic E-state index is 0.265. The Bertz CT molecular complexity index is 550. The molecule has 0 spiro atoms. The average Bonchev–Trinajstić information content (AvgIpc) is 2.78. The number of hydrogen-bond acceptors (Lipinski definition) is 4. The molecule has 2 rings (SSSR count). The Balaban J connectivity index is 2.21. The van der Waals surface area contributed by atoms with Crippen molar-refractivity contribution in [3.63, 3.8) is 0 Å². The second-order valence-corrected chi connectivity index (χ2v) is 5.18. The van der Waals surface area contributed by atoms with E-state index in [1.54, 1.807) is 0 Å². The van der Waals surface area contributed by atoms with Crippen LogP contribution in [0, 0.1) is 0 Å². The van der Waals surface area contributed by atoms with Crippen LogP contribution in [0.25, 0.3) is 5.65 Å². The third-order valence-electron chi connectivity index (χ3n) is 3.19. The molecule has 0 radical (unpaired) electrons. The van der Waals surface area contributed by atoms with Gasteiger partial charge in [-0.2, -0.15) is 0 Å². The molecule has 20 heavy (non-hydrogen) atoms. The number of fused-ring (bicyclic) bond motifs is 1. The summed E-state index contributed by atoms with van der Waals surface area (Å²) < 4.78 is 7.75. The molecule has 110 valence electrons. The molecule has 0 amide bonds. The van der Waals surface area contributed by atoms with Gasteiger partial charge in [0.1, 0.15) is 5.65 Å². The summed E-state index contributed by atoms with van der Waals surface area (Å²) in [6.07, 6.45) is 2.32. The van der Waals surface area contributed by atoms with Crippen LogP contribution in [0.5, 0.6) is 0 Å². The van der Waals surface area contributed by atoms with E-state index in [2.05, 4.69) is 41.7 Å². The van der Waals surface area contributed by atoms with Gasteiger partial charge in [-0.15, -0.1) is 0 Å². The molecule has 0 unspecified atom stereocenters. The Labute approximate surface area is 120 Å². The molecule has 2 heterocycles. The topological polar surface area (TPSA) is 41.8 Å². The molecule has 1 N–H and O–H groups in total. The molecule has 0 bridgehead atoms. The normalized spacial score (nSPS) is 11.4. The van der Waals surface area contributed by atoms with Crippen molar-refractivity contribution in [1.82, 2.24) is 14.7 Å². The van der Waals surface area contributed by atoms with E-state index < -0.39 is 0 Å². The Morgan fingerprint density at radius 3 is 2.90 bits per heavy atom. The maximum Gasteiger partial charge on any atom is 0.152 e. The van der Waals surface area contributed by atoms with Crippen LogP contribution in [0.4, 0.5) is 5.82 Å². The first-order chi connectivity index (χ1) is 9.63. The van der Waals surface area contributed by atoms with E-state index in [-0.39, 0.29) is 6.10 Å². The van der Waals surface area contributed by atoms with Crippen molar-refractivity contribution in [2.24, 2.45) is 0 Å². The lowest BCUT2D eigenvalue weighted by molar-refractivity contribution is 0.0845. The van der Waals surface area contributed by atoms with Gasteiger partial charge in [0.05, 0.1) is 18.4 Å². The molecule has 5 heteroatoms. The van der Waals surface area contributed by atoms with Crippen LogP contribution in [-0.2, 0) is 11.3 Å². The smallest absolute Gasteiger partial charge is 0.152 e. The number of nitrogens with one attached hydrogen (secondary N) is 1. The maximum absolute atomic E-state index is 5.62. The molecule has 2 aromatic heterocycles. The zero-order valence-electron chi connectivity index (χ0n) is 12.8. The molecule has 0 saturated carbocycles. The van der Waals surface area contributed by atoms with Crippen molar-refractivity contribution < 1.29 is 4.74 Å². The first kappa shape index (κ1) is 14.8. The lowest BCUT2D eigenvalue weighted by Crippen LogP contribution is -2.26. The lowest BCUT2D eigenvalue weighted by atomic mass is 10.3. The van der Waals surface area contributed by atoms with Gasteiger partial charge in [-0.05, 0) is 33.0 Å². The first-order valence-corrected chi connectivity index (χ1v) is 7.06. The van der Waals surface area contributed by atoms with E-state index in [1.807, 2.05) is 25.2 Å². The molecule has 0 aliphatic carbocycles. The van der Waals surface area contributed by atoms with E-state index in [0.717, 1.165) is 24.6 Å². The molecule has 0 aliphatic rings. The number of likely N-dealkylation sites (N-methyl/N-ethyl adjacent to an activating group) is 1. The highest BCUT2D eigenvalue weighted by Gasteiger charge is 2.14. The van der Waals surface area contributed by atoms with Gasteiger partial charge in [-0.1, -0.05) is 6.07 Å². The van der Waals surface area contributed by atoms with Gasteiger partial charge in [0.2, 0.25) is 0 Å². The molecule has 0 atom stereocenters. The molecule has 0 fully saturated rings. The largest absolute Gasteiger partial charge is 0.377 e. The van der Waals surface area contributed by atoms with E-state index in [1.165, 1.54) is 5.69 Å². The summed E-state index contributed by atoms with van der Waals surface area (Å²) in [6, 6.07) is 6.07. The summed E-state index contributed by atoms with van der Waals surface area (Å²) in [4.78, 5) is 6.88. The van der Waals surface area contributed by atoms with Crippen LogP contribution >= 0.6 is 0 Å². The summed E-state index contributed by atoms with van der Waals surface area (Å²) in [5, 5.41) is 3.21. The highest BCUT2D eigenvalue weighted by atomic mass is 16.5. The number of nitrogens with zero attached hydrogens (tertiary/aromatic N) is 3. The van der Waals surface area contributed by atoms with Crippen molar-refractivity contribution in [3.05, 3.63) is 30.1 Å². The molecule has 0 saturated heterocycles. The minimum atomic E-state index is 0.265. The Kier molecular flexibility index (Phi) is 4.98. The quantitative estimate of drug-likeness (QED) is 0.839. The number of pyridine rings is 1. The lowest BCUT2D eigenvalue weighted by Gasteiger charge is -2.19. The SMILES string of the molecule is CNCc1c(N(C)CCOC(C)C)nc2ccccn12. The molecular weight excluding hydrogens is 252 g/mol. The molecule has 0 aliphatic heterocycles. The Morgan fingerprint density at radius 2 is 2.20 bits per heavy atom. The Morgan fingerprint density at radius 1 is 1.40 bits per heavy atom. The van der Waals surface area contributed by atoms with Gasteiger partial charge >= 0.3 is 0 Å². The monoisotopic (exact) mass is 276 g/mol. The molecule has 2 aromatic rings. The van der Waals surface area contributed by atoms with Crippen LogP contribution in [0.3, 0.4) is 0 Å². The predicted octanol–water partition coefficient (Wildman–Crippen LogP) is 1.91. The molecule has 5 nitrogen and oxygen atoms in total. The number of anilines is 1. The van der Waals surface area contributed by atoms with Crippen LogP contribution < -0.4 is 10.2 Å². The van der Waals surface area contributed by atoms with E-state index >= 15 is 0 Å². The fourth-order valence-corrected chi connectivity index (χ4v) is 2.20. The van der Waals surface area contributed by atoms with E-state index in [4.69, 9.17) is 9.72 Å². The van der Waals surface area contributed by atoms with Gasteiger partial charge in [-0.25, -0.2) is 4.98 Å². The summed E-state index contributed by atoms with van der Waals surface area (Å²) in [6.45, 7) is 6.43. The summed E-state index contributed by atoms with van der Waals surface area (Å²) in [7, 11) is 4.01. The third-order valence-corrected chi connectivity index (χ3v) is 3.19. The average molecular weight is 276 g/mol. The molecular formula is C15H24N4O. The van der Waals surface area contributed by atoms with Crippen LogP contribution in [-0.4, -0.2) is 42.7 Å². The maximum atomic E-state index is 5.62. The summed E-state index contributed by atoms with van der Waals surface area (Å²) in [5.74, 6) is 1.01. The van der Waals surface area contributed by atoms with E-state index in [9.17, 15) is 0 Å². The number of ether oxygens (including phenoxy) is 1. The highest BCUT2D eigenvalue weighted by Crippen LogP contribution is 2.20. The van der Waals surface area contributed by atoms with E-state index in [0.29, 0.717) is 6.61 Å². The van der Waals surface area contributed by atoms with Crippen molar-refractivity contribution in [2.75, 3.05) is 32.1 Å². The fourth-order valence-electron chi connectivity index (χ4n) is 2.20. The van der Waals surface area contributed by atoms with Gasteiger partial charge in [0, 0.05) is 26.3 Å². The van der Waals surface area contributed by atoms with Gasteiger partial charge < -0.3 is 19.4 Å². The number of imidazole rings is 1. The van der Waals surface area contributed by atoms with Gasteiger partial charge in [0.25, 0.3) is 0 Å². The zero-order valence-corrected chi connectivity index (χ0v) is 12.8. The predicted molar refractivity (Wildman–Crippen MR) is 82.3 cm³/mol. The minimum Gasteiger partial charge on any atom is -0.377 e. The molecule has 0 aromatic carbocycles. The number of rotatable bonds is 7. The highest BCUT2D eigenvalue weighted by molar-refractivity contribution is 5.55. The summed E-state index contributed by atoms with van der Waals surface area (Å²) in [5.41, 5.74) is 2.15. The standard InChI is InChI=1S/C15H24N4O/c1-12(2)20-10-9-18(4)15-13(11-16-3)19-8-6-5-7-14(19)17-15/h5-8,12,16H,9-11H2,1-4H3. The second kappa shape index (κ2) is 6.72. The van der Waals surface area contributed by atoms with Crippen LogP contribution in [0.15, 0.2) is 24.4 Å². The van der Waals surface area contributed by atoms with Crippen molar-refractivity contribution in [2.45, 2.75) is 26.5 Å². The van der Waals surface area contributed by atoms with Gasteiger partial charge in [-0.3, -0.25) is 0 Å². The zero-order chi connectivity index (χ0) is 14.5. The first-order valence-electron chi connectivity index (χ1n) is 7.06. The third kappa shape index (κ3) is 3.29. The fraction of sp³-hybridized carbons (Fsp3) is 0.533. The Hall–Kier alpha value is -1.59. The van der Waals surface area contributed by atoms with Crippen LogP contribution in [0.2, 0.25) is 0 Å². The van der Waals surface area contributed by atoms with Crippen molar-refractivity contribution in [3.8, 4) is 0 Å². The van der Waals surface area contributed by atoms with Crippen molar-refractivity contribution in [1.29, 1.82) is 0 Å². The number of aromatic nitrogens is 2. The van der Waals surface area contributed by atoms with Crippen LogP contribution in [0.1, 0.15) is 19.5 Å². The summed E-state index contributed by atoms with van der Waals surface area (Å²) >= 11 is 0. The van der Waals surface area contributed by atoms with Crippen molar-refractivity contribution >= 4 is 11.5 Å².